The normalized spacial score (nSPS) is 18.9. The number of aromatic nitrogens is 2. The number of anilines is 1. The minimum atomic E-state index is -0.774. The predicted octanol–water partition coefficient (Wildman–Crippen LogP) is 6.60. The maximum atomic E-state index is 13.6. The lowest BCUT2D eigenvalue weighted by atomic mass is 9.86. The van der Waals surface area contributed by atoms with E-state index in [0.717, 1.165) is 32.5 Å². The zero-order valence-corrected chi connectivity index (χ0v) is 28.2. The van der Waals surface area contributed by atoms with Gasteiger partial charge in [-0.05, 0) is 73.8 Å². The summed E-state index contributed by atoms with van der Waals surface area (Å²) in [4.78, 5) is 38.4. The lowest BCUT2D eigenvalue weighted by molar-refractivity contribution is -0.377. The molecule has 2 atom stereocenters. The van der Waals surface area contributed by atoms with Crippen LogP contribution < -0.4 is 19.4 Å². The van der Waals surface area contributed by atoms with Crippen molar-refractivity contribution < 1.29 is 33.5 Å². The number of amides is 1. The van der Waals surface area contributed by atoms with Gasteiger partial charge < -0.3 is 18.9 Å². The lowest BCUT2D eigenvalue weighted by Crippen LogP contribution is -2.53. The first kappa shape index (κ1) is 33.5. The molecule has 3 aliphatic heterocycles. The number of carbonyl (C=O) groups excluding carboxylic acids is 2. The molecule has 2 aromatic heterocycles. The number of fused-ring (bicyclic) bond motifs is 3. The van der Waals surface area contributed by atoms with E-state index in [-0.39, 0.29) is 24.6 Å². The lowest BCUT2D eigenvalue weighted by Gasteiger charge is -2.44. The van der Waals surface area contributed by atoms with Gasteiger partial charge in [-0.25, -0.2) is 14.6 Å². The van der Waals surface area contributed by atoms with Crippen LogP contribution in [0.5, 0.6) is 11.5 Å². The largest absolute Gasteiger partial charge is 0.493 e. The van der Waals surface area contributed by atoms with Gasteiger partial charge in [-0.2, -0.15) is 0 Å². The first-order valence-corrected chi connectivity index (χ1v) is 16.6. The topological polar surface area (TPSA) is 105 Å². The van der Waals surface area contributed by atoms with Crippen LogP contribution in [-0.4, -0.2) is 61.9 Å². The highest BCUT2D eigenvalue weighted by atomic mass is 35.5. The number of rotatable bonds is 11. The average molecular weight is 693 g/mol. The summed E-state index contributed by atoms with van der Waals surface area (Å²) in [5.74, 6) is 0.810. The van der Waals surface area contributed by atoms with Crippen LogP contribution in [0.25, 0.3) is 0 Å². The van der Waals surface area contributed by atoms with Gasteiger partial charge in [0, 0.05) is 30.4 Å². The van der Waals surface area contributed by atoms with E-state index >= 15 is 0 Å². The molecule has 48 heavy (non-hydrogen) atoms. The fourth-order valence-corrected chi connectivity index (χ4v) is 6.77. The van der Waals surface area contributed by atoms with Crippen molar-refractivity contribution in [3.8, 4) is 11.5 Å². The molecule has 2 bridgehead atoms. The third-order valence-corrected chi connectivity index (χ3v) is 9.61. The van der Waals surface area contributed by atoms with Crippen molar-refractivity contribution in [2.45, 2.75) is 38.0 Å². The van der Waals surface area contributed by atoms with Gasteiger partial charge in [0.1, 0.15) is 22.3 Å². The number of hydrogen-bond acceptors (Lipinski definition) is 8. The maximum Gasteiger partial charge on any atom is 0.414 e. The first-order chi connectivity index (χ1) is 23.3. The number of pyridine rings is 2. The van der Waals surface area contributed by atoms with Gasteiger partial charge in [0.2, 0.25) is 0 Å². The summed E-state index contributed by atoms with van der Waals surface area (Å²) in [6.07, 6.45) is 5.64. The number of carbonyl (C=O) groups is 2. The van der Waals surface area contributed by atoms with E-state index in [2.05, 4.69) is 14.9 Å². The van der Waals surface area contributed by atoms with Crippen molar-refractivity contribution in [1.29, 1.82) is 0 Å². The van der Waals surface area contributed by atoms with E-state index in [1.54, 1.807) is 54.7 Å². The molecule has 3 aliphatic rings. The highest BCUT2D eigenvalue weighted by Gasteiger charge is 2.37. The highest BCUT2D eigenvalue weighted by Crippen LogP contribution is 2.35. The zero-order chi connectivity index (χ0) is 33.6. The van der Waals surface area contributed by atoms with Crippen molar-refractivity contribution in [2.24, 2.45) is 5.92 Å². The van der Waals surface area contributed by atoms with E-state index < -0.39 is 18.2 Å². The average Bonchev–Trinajstić information content (AvgIpc) is 3.12. The summed E-state index contributed by atoms with van der Waals surface area (Å²) in [5, 5.41) is 0.815. The Hall–Kier alpha value is -4.38. The Labute approximate surface area is 289 Å². The second-order valence-electron chi connectivity index (χ2n) is 11.9. The minimum Gasteiger partial charge on any atom is -0.493 e. The van der Waals surface area contributed by atoms with Crippen LogP contribution in [0.2, 0.25) is 10.0 Å². The van der Waals surface area contributed by atoms with Crippen LogP contribution in [-0.2, 0) is 22.4 Å². The molecule has 0 spiro atoms. The molecule has 5 heterocycles. The van der Waals surface area contributed by atoms with Crippen molar-refractivity contribution in [2.75, 3.05) is 38.8 Å². The molecule has 10 nitrogen and oxygen atoms in total. The number of halogens is 2. The smallest absolute Gasteiger partial charge is 0.414 e. The molecule has 4 aromatic rings. The Balaban J connectivity index is 1.20. The fraction of sp³-hybridized carbons (Fsp3) is 0.333. The van der Waals surface area contributed by atoms with Crippen molar-refractivity contribution in [3.05, 3.63) is 112 Å². The zero-order valence-electron chi connectivity index (χ0n) is 26.7. The van der Waals surface area contributed by atoms with E-state index in [4.69, 9.17) is 42.1 Å². The van der Waals surface area contributed by atoms with Crippen molar-refractivity contribution in [3.63, 3.8) is 0 Å². The third-order valence-electron chi connectivity index (χ3n) is 8.93. The van der Waals surface area contributed by atoms with Gasteiger partial charge in [-0.3, -0.25) is 14.8 Å². The van der Waals surface area contributed by atoms with E-state index in [9.17, 15) is 9.59 Å². The van der Waals surface area contributed by atoms with Gasteiger partial charge in [0.05, 0.1) is 32.0 Å². The molecule has 3 fully saturated rings. The van der Waals surface area contributed by atoms with Gasteiger partial charge in [0.25, 0.3) is 0 Å². The van der Waals surface area contributed by atoms with E-state index in [1.165, 1.54) is 13.3 Å². The molecule has 0 aliphatic carbocycles. The quantitative estimate of drug-likeness (QED) is 0.162. The Morgan fingerprint density at radius 2 is 1.71 bits per heavy atom. The van der Waals surface area contributed by atoms with Gasteiger partial charge in [0.15, 0.2) is 23.9 Å². The SMILES string of the molecule is COc1ccc([C@H](Cc2c(Cl)c[nH+]cc2Cl)OC(=O)c2ccc(CN(C(=O)O[C@H]3CN4CCC3CC4)c3ccccc3)nc2)cc1OC. The third kappa shape index (κ3) is 7.67. The second-order valence-corrected chi connectivity index (χ2v) is 12.7. The van der Waals surface area contributed by atoms with E-state index in [1.807, 2.05) is 30.3 Å². The summed E-state index contributed by atoms with van der Waals surface area (Å²) in [5.41, 5.74) is 2.79. The number of ether oxygens (including phenoxy) is 4. The number of hydrogen-bond donors (Lipinski definition) is 0. The number of piperidine rings is 3. The molecule has 3 saturated heterocycles. The Morgan fingerprint density at radius 3 is 2.33 bits per heavy atom. The van der Waals surface area contributed by atoms with Crippen molar-refractivity contribution >= 4 is 41.0 Å². The Bertz CT molecular complexity index is 1710. The van der Waals surface area contributed by atoms with Crippen LogP contribution in [0, 0.1) is 5.92 Å². The number of esters is 1. The summed E-state index contributed by atoms with van der Waals surface area (Å²) in [6, 6.07) is 18.0. The van der Waals surface area contributed by atoms with Crippen LogP contribution in [0.1, 0.15) is 46.1 Å². The molecular formula is C36H37Cl2N4O6+. The Morgan fingerprint density at radius 1 is 0.979 bits per heavy atom. The van der Waals surface area contributed by atoms with Crippen LogP contribution in [0.3, 0.4) is 0 Å². The highest BCUT2D eigenvalue weighted by molar-refractivity contribution is 6.35. The summed E-state index contributed by atoms with van der Waals surface area (Å²) in [6.45, 7) is 3.04. The predicted molar refractivity (Wildman–Crippen MR) is 181 cm³/mol. The molecule has 1 N–H and O–H groups in total. The summed E-state index contributed by atoms with van der Waals surface area (Å²) in [7, 11) is 3.08. The molecule has 0 unspecified atom stereocenters. The maximum absolute atomic E-state index is 13.6. The monoisotopic (exact) mass is 691 g/mol. The number of benzene rings is 2. The van der Waals surface area contributed by atoms with Gasteiger partial charge >= 0.3 is 12.1 Å². The minimum absolute atomic E-state index is 0.131. The summed E-state index contributed by atoms with van der Waals surface area (Å²) < 4.78 is 23.0. The standard InChI is InChI=1S/C36H36Cl2N4O6/c1-45-31-11-9-24(16-33(31)46-2)32(17-28-29(37)19-39-20-30(28)38)47-35(43)25-8-10-26(40-18-25)21-42(27-6-4-3-5-7-27)36(44)48-34-22-41-14-12-23(34)13-15-41/h3-11,16,18-20,23,32,34H,12-15,17,21-22H2,1-2H3/p+1/t32-,34-/m0/s1. The van der Waals surface area contributed by atoms with Gasteiger partial charge in [-0.15, -0.1) is 0 Å². The number of methoxy groups -OCH3 is 2. The first-order valence-electron chi connectivity index (χ1n) is 15.8. The molecule has 7 rings (SSSR count). The molecule has 250 valence electrons. The number of H-pyrrole nitrogens is 1. The van der Waals surface area contributed by atoms with E-state index in [0.29, 0.717) is 50.0 Å². The number of nitrogens with one attached hydrogen (secondary N) is 1. The molecule has 1 amide bonds. The fourth-order valence-electron chi connectivity index (χ4n) is 6.24. The van der Waals surface area contributed by atoms with Crippen LogP contribution in [0.15, 0.2) is 79.3 Å². The molecule has 0 radical (unpaired) electrons. The Kier molecular flexibility index (Phi) is 10.6. The van der Waals surface area contributed by atoms with Crippen LogP contribution in [0.4, 0.5) is 10.5 Å². The number of aromatic amines is 1. The molecule has 2 aromatic carbocycles. The molecular weight excluding hydrogens is 655 g/mol. The second kappa shape index (κ2) is 15.2. The molecule has 12 heteroatoms. The number of nitrogens with zero attached hydrogens (tertiary/aromatic N) is 3. The van der Waals surface area contributed by atoms with Crippen molar-refractivity contribution in [1.82, 2.24) is 9.88 Å². The summed E-state index contributed by atoms with van der Waals surface area (Å²) >= 11 is 12.9. The molecule has 0 saturated carbocycles. The van der Waals surface area contributed by atoms with Gasteiger partial charge in [-0.1, -0.05) is 47.5 Å². The van der Waals surface area contributed by atoms with Crippen LogP contribution >= 0.6 is 23.2 Å². The number of para-hydroxylation sites is 1.